The number of carbonyl (C=O) groups excluding carboxylic acids is 1. The topological polar surface area (TPSA) is 66.5 Å². The van der Waals surface area contributed by atoms with E-state index in [1.54, 1.807) is 13.0 Å². The Morgan fingerprint density at radius 1 is 1.11 bits per heavy atom. The second-order valence-corrected chi connectivity index (χ2v) is 8.62. The van der Waals surface area contributed by atoms with Crippen molar-refractivity contribution in [3.63, 3.8) is 0 Å². The highest BCUT2D eigenvalue weighted by Gasteiger charge is 2.33. The largest absolute Gasteiger partial charge is 0.348 e. The Kier molecular flexibility index (Phi) is 7.18. The van der Waals surface area contributed by atoms with E-state index in [9.17, 15) is 17.6 Å². The maximum Gasteiger partial charge on any atom is 0.244 e. The Bertz CT molecular complexity index is 914. The van der Waals surface area contributed by atoms with Gasteiger partial charge in [-0.05, 0) is 43.0 Å². The molecule has 0 radical (unpaired) electrons. The van der Waals surface area contributed by atoms with Gasteiger partial charge in [0.1, 0.15) is 11.9 Å². The monoisotopic (exact) mass is 406 g/mol. The van der Waals surface area contributed by atoms with Gasteiger partial charge < -0.3 is 5.32 Å². The molecule has 2 atom stereocenters. The van der Waals surface area contributed by atoms with Crippen LogP contribution >= 0.6 is 0 Å². The van der Waals surface area contributed by atoms with Gasteiger partial charge in [0, 0.05) is 0 Å². The Morgan fingerprint density at radius 2 is 1.71 bits per heavy atom. The van der Waals surface area contributed by atoms with Gasteiger partial charge in [0.05, 0.1) is 18.0 Å². The summed E-state index contributed by atoms with van der Waals surface area (Å²) in [7, 11) is -3.87. The molecule has 0 spiro atoms. The van der Waals surface area contributed by atoms with E-state index in [0.717, 1.165) is 22.5 Å². The molecule has 152 valence electrons. The van der Waals surface area contributed by atoms with Crippen molar-refractivity contribution in [2.45, 2.75) is 45.7 Å². The van der Waals surface area contributed by atoms with Crippen molar-refractivity contribution >= 4 is 21.6 Å². The third-order valence-corrected chi connectivity index (χ3v) is 5.83. The fourth-order valence-electron chi connectivity index (χ4n) is 3.10. The highest BCUT2D eigenvalue weighted by atomic mass is 32.2. The summed E-state index contributed by atoms with van der Waals surface area (Å²) in [5, 5.41) is 2.86. The number of para-hydroxylation sites is 1. The molecule has 0 saturated heterocycles. The maximum absolute atomic E-state index is 14.3. The molecule has 5 nitrogen and oxygen atoms in total. The number of halogens is 1. The van der Waals surface area contributed by atoms with Gasteiger partial charge in [0.25, 0.3) is 0 Å². The number of hydrogen-bond donors (Lipinski definition) is 1. The minimum atomic E-state index is -3.87. The van der Waals surface area contributed by atoms with Crippen LogP contribution in [0, 0.1) is 5.82 Å². The summed E-state index contributed by atoms with van der Waals surface area (Å²) < 4.78 is 39.9. The number of nitrogens with zero attached hydrogens (tertiary/aromatic N) is 1. The van der Waals surface area contributed by atoms with Gasteiger partial charge in [-0.25, -0.2) is 12.8 Å². The summed E-state index contributed by atoms with van der Waals surface area (Å²) in [5.41, 5.74) is 1.97. The van der Waals surface area contributed by atoms with Crippen LogP contribution in [0.5, 0.6) is 0 Å². The van der Waals surface area contributed by atoms with Crippen LogP contribution in [0.4, 0.5) is 10.1 Å². The fourth-order valence-corrected chi connectivity index (χ4v) is 4.31. The molecule has 0 saturated carbocycles. The number of nitrogens with one attached hydrogen (secondary N) is 1. The van der Waals surface area contributed by atoms with E-state index in [1.165, 1.54) is 23.8 Å². The average molecular weight is 407 g/mol. The van der Waals surface area contributed by atoms with E-state index in [0.29, 0.717) is 0 Å². The zero-order valence-electron chi connectivity index (χ0n) is 16.6. The molecule has 28 heavy (non-hydrogen) atoms. The minimum Gasteiger partial charge on any atom is -0.348 e. The second kappa shape index (κ2) is 9.19. The Labute approximate surface area is 166 Å². The van der Waals surface area contributed by atoms with E-state index in [4.69, 9.17) is 0 Å². The van der Waals surface area contributed by atoms with Crippen LogP contribution in [0.15, 0.2) is 48.5 Å². The highest BCUT2D eigenvalue weighted by Crippen LogP contribution is 2.26. The summed E-state index contributed by atoms with van der Waals surface area (Å²) in [6.45, 7) is 5.60. The van der Waals surface area contributed by atoms with Crippen molar-refractivity contribution in [2.24, 2.45) is 0 Å². The minimum absolute atomic E-state index is 0.132. The second-order valence-electron chi connectivity index (χ2n) is 6.76. The molecule has 0 heterocycles. The number of aryl methyl sites for hydroxylation is 1. The maximum atomic E-state index is 14.3. The van der Waals surface area contributed by atoms with Gasteiger partial charge in [-0.1, -0.05) is 50.2 Å². The lowest BCUT2D eigenvalue weighted by Crippen LogP contribution is -2.50. The number of hydrogen-bond acceptors (Lipinski definition) is 3. The Morgan fingerprint density at radius 3 is 2.21 bits per heavy atom. The first-order valence-electron chi connectivity index (χ1n) is 9.32. The SMILES string of the molecule is CCc1ccc([C@H](C)NC(=O)[C@H](CC)N(c2ccccc2F)S(C)(=O)=O)cc1. The number of anilines is 1. The number of rotatable bonds is 8. The molecular formula is C21H27FN2O3S. The summed E-state index contributed by atoms with van der Waals surface area (Å²) in [4.78, 5) is 12.9. The molecule has 0 aliphatic rings. The molecule has 0 aliphatic heterocycles. The van der Waals surface area contributed by atoms with E-state index in [1.807, 2.05) is 31.2 Å². The number of sulfonamides is 1. The molecular weight excluding hydrogens is 379 g/mol. The summed E-state index contributed by atoms with van der Waals surface area (Å²) in [5.74, 6) is -1.16. The van der Waals surface area contributed by atoms with Crippen LogP contribution in [0.25, 0.3) is 0 Å². The van der Waals surface area contributed by atoms with Gasteiger partial charge >= 0.3 is 0 Å². The van der Waals surface area contributed by atoms with Gasteiger partial charge in [0.15, 0.2) is 0 Å². The van der Waals surface area contributed by atoms with Crippen LogP contribution in [-0.2, 0) is 21.2 Å². The third kappa shape index (κ3) is 5.10. The molecule has 0 fully saturated rings. The van der Waals surface area contributed by atoms with Gasteiger partial charge in [-0.2, -0.15) is 0 Å². The highest BCUT2D eigenvalue weighted by molar-refractivity contribution is 7.92. The summed E-state index contributed by atoms with van der Waals surface area (Å²) in [6.07, 6.45) is 2.10. The van der Waals surface area contributed by atoms with E-state index in [-0.39, 0.29) is 18.2 Å². The predicted octanol–water partition coefficient (Wildman–Crippen LogP) is 3.81. The number of amides is 1. The molecule has 7 heteroatoms. The Balaban J connectivity index is 2.29. The van der Waals surface area contributed by atoms with Gasteiger partial charge in [0.2, 0.25) is 15.9 Å². The molecule has 0 unspecified atom stereocenters. The van der Waals surface area contributed by atoms with Crippen LogP contribution in [0.1, 0.15) is 44.4 Å². The molecule has 2 aromatic carbocycles. The van der Waals surface area contributed by atoms with Crippen molar-refractivity contribution < 1.29 is 17.6 Å². The molecule has 0 aromatic heterocycles. The van der Waals surface area contributed by atoms with E-state index >= 15 is 0 Å². The standard InChI is InChI=1S/C21H27FN2O3S/c1-5-16-11-13-17(14-12-16)15(3)23-21(25)19(6-2)24(28(4,26)27)20-10-8-7-9-18(20)22/h7-15,19H,5-6H2,1-4H3,(H,23,25)/t15-,19-/m0/s1. The zero-order valence-corrected chi connectivity index (χ0v) is 17.5. The Hall–Kier alpha value is -2.41. The third-order valence-electron chi connectivity index (χ3n) is 4.67. The van der Waals surface area contributed by atoms with Crippen molar-refractivity contribution in [2.75, 3.05) is 10.6 Å². The molecule has 2 rings (SSSR count). The van der Waals surface area contributed by atoms with E-state index in [2.05, 4.69) is 12.2 Å². The molecule has 2 aromatic rings. The van der Waals surface area contributed by atoms with Crippen molar-refractivity contribution in [1.29, 1.82) is 0 Å². The van der Waals surface area contributed by atoms with Crippen LogP contribution in [0.3, 0.4) is 0 Å². The summed E-state index contributed by atoms with van der Waals surface area (Å²) >= 11 is 0. The molecule has 0 aliphatic carbocycles. The first-order chi connectivity index (χ1) is 13.2. The van der Waals surface area contributed by atoms with Crippen LogP contribution in [0.2, 0.25) is 0 Å². The normalized spacial score (nSPS) is 13.6. The first-order valence-corrected chi connectivity index (χ1v) is 11.2. The van der Waals surface area contributed by atoms with E-state index < -0.39 is 27.8 Å². The quantitative estimate of drug-likeness (QED) is 0.725. The lowest BCUT2D eigenvalue weighted by Gasteiger charge is -2.31. The first kappa shape index (κ1) is 21.9. The molecule has 1 N–H and O–H groups in total. The predicted molar refractivity (Wildman–Crippen MR) is 110 cm³/mol. The lowest BCUT2D eigenvalue weighted by atomic mass is 10.0. The van der Waals surface area contributed by atoms with Crippen LogP contribution in [-0.4, -0.2) is 26.6 Å². The van der Waals surface area contributed by atoms with Crippen molar-refractivity contribution in [3.8, 4) is 0 Å². The smallest absolute Gasteiger partial charge is 0.244 e. The van der Waals surface area contributed by atoms with Crippen LogP contribution < -0.4 is 9.62 Å². The summed E-state index contributed by atoms with van der Waals surface area (Å²) in [6, 6.07) is 12.1. The van der Waals surface area contributed by atoms with Gasteiger partial charge in [-0.3, -0.25) is 9.10 Å². The average Bonchev–Trinajstić information content (AvgIpc) is 2.65. The zero-order chi connectivity index (χ0) is 20.9. The number of benzene rings is 2. The number of carbonyl (C=O) groups is 1. The fraction of sp³-hybridized carbons (Fsp3) is 0.381. The van der Waals surface area contributed by atoms with Gasteiger partial charge in [-0.15, -0.1) is 0 Å². The molecule has 1 amide bonds. The molecule has 0 bridgehead atoms. The van der Waals surface area contributed by atoms with Crippen molar-refractivity contribution in [1.82, 2.24) is 5.32 Å². The van der Waals surface area contributed by atoms with Crippen molar-refractivity contribution in [3.05, 3.63) is 65.5 Å². The lowest BCUT2D eigenvalue weighted by molar-refractivity contribution is -0.122.